The van der Waals surface area contributed by atoms with Crippen LogP contribution < -0.4 is 5.32 Å². The van der Waals surface area contributed by atoms with Crippen molar-refractivity contribution in [3.8, 4) is 0 Å². The smallest absolute Gasteiger partial charge is 0.311 e. The third kappa shape index (κ3) is 4.86. The van der Waals surface area contributed by atoms with E-state index in [9.17, 15) is 13.2 Å². The molecule has 1 aromatic rings. The van der Waals surface area contributed by atoms with Crippen LogP contribution in [0, 0.1) is 5.92 Å². The van der Waals surface area contributed by atoms with Crippen LogP contribution in [0.3, 0.4) is 0 Å². The van der Waals surface area contributed by atoms with E-state index >= 15 is 0 Å². The molecule has 0 bridgehead atoms. The van der Waals surface area contributed by atoms with E-state index in [1.807, 2.05) is 13.8 Å². The van der Waals surface area contributed by atoms with Crippen molar-refractivity contribution in [3.63, 3.8) is 0 Å². The third-order valence-corrected chi connectivity index (χ3v) is 3.33. The lowest BCUT2D eigenvalue weighted by molar-refractivity contribution is -0.137. The number of rotatable bonds is 5. The molecule has 0 aromatic heterocycles. The fraction of sp³-hybridized carbons (Fsp3) is 0.538. The van der Waals surface area contributed by atoms with Gasteiger partial charge in [-0.1, -0.05) is 26.0 Å². The van der Waals surface area contributed by atoms with Crippen LogP contribution >= 0.6 is 11.6 Å². The van der Waals surface area contributed by atoms with Crippen molar-refractivity contribution in [2.24, 2.45) is 5.92 Å². The molecule has 0 fully saturated rings. The van der Waals surface area contributed by atoms with E-state index < -0.39 is 11.7 Å². The Kier molecular flexibility index (Phi) is 5.47. The summed E-state index contributed by atoms with van der Waals surface area (Å²) < 4.78 is 37.0. The maximum atomic E-state index is 12.3. The standard InChI is InChI=1S/C13H17ClF3N/c1-9(2)12(14)8-18-7-10-3-5-11(6-4-10)13(15,16)17/h3-6,9,12,18H,7-8H2,1-2H3. The lowest BCUT2D eigenvalue weighted by atomic mass is 10.1. The minimum Gasteiger partial charge on any atom is -0.311 e. The Bertz CT molecular complexity index is 359. The molecule has 1 rings (SSSR count). The van der Waals surface area contributed by atoms with Crippen LogP contribution in [0.15, 0.2) is 24.3 Å². The van der Waals surface area contributed by atoms with Crippen LogP contribution in [0.25, 0.3) is 0 Å². The van der Waals surface area contributed by atoms with Gasteiger partial charge < -0.3 is 5.32 Å². The molecule has 1 N–H and O–H groups in total. The third-order valence-electron chi connectivity index (χ3n) is 2.67. The highest BCUT2D eigenvalue weighted by atomic mass is 35.5. The van der Waals surface area contributed by atoms with Crippen LogP contribution in [0.1, 0.15) is 25.0 Å². The highest BCUT2D eigenvalue weighted by Crippen LogP contribution is 2.29. The Labute approximate surface area is 110 Å². The van der Waals surface area contributed by atoms with Gasteiger partial charge in [-0.25, -0.2) is 0 Å². The summed E-state index contributed by atoms with van der Waals surface area (Å²) in [4.78, 5) is 0. The molecule has 0 aliphatic heterocycles. The predicted octanol–water partition coefficient (Wildman–Crippen LogP) is 4.06. The summed E-state index contributed by atoms with van der Waals surface area (Å²) in [5.41, 5.74) is 0.194. The number of benzene rings is 1. The number of hydrogen-bond acceptors (Lipinski definition) is 1. The highest BCUT2D eigenvalue weighted by Gasteiger charge is 2.29. The largest absolute Gasteiger partial charge is 0.416 e. The lowest BCUT2D eigenvalue weighted by Crippen LogP contribution is -2.26. The SMILES string of the molecule is CC(C)C(Cl)CNCc1ccc(C(F)(F)F)cc1. The van der Waals surface area contributed by atoms with Crippen molar-refractivity contribution in [1.82, 2.24) is 5.32 Å². The molecule has 0 saturated carbocycles. The Morgan fingerprint density at radius 3 is 2.17 bits per heavy atom. The van der Waals surface area contributed by atoms with Gasteiger partial charge >= 0.3 is 6.18 Å². The maximum Gasteiger partial charge on any atom is 0.416 e. The highest BCUT2D eigenvalue weighted by molar-refractivity contribution is 6.20. The molecular weight excluding hydrogens is 263 g/mol. The normalized spacial score (nSPS) is 13.9. The molecule has 1 nitrogen and oxygen atoms in total. The van der Waals surface area contributed by atoms with Gasteiger partial charge in [0.1, 0.15) is 0 Å². The first-order valence-corrected chi connectivity index (χ1v) is 6.25. The number of hydrogen-bond donors (Lipinski definition) is 1. The van der Waals surface area contributed by atoms with Gasteiger partial charge in [-0.3, -0.25) is 0 Å². The van der Waals surface area contributed by atoms with E-state index in [1.165, 1.54) is 12.1 Å². The summed E-state index contributed by atoms with van der Waals surface area (Å²) in [6, 6.07) is 5.15. The Morgan fingerprint density at radius 1 is 1.17 bits per heavy atom. The van der Waals surface area contributed by atoms with Gasteiger partial charge in [0.2, 0.25) is 0 Å². The predicted molar refractivity (Wildman–Crippen MR) is 67.6 cm³/mol. The van der Waals surface area contributed by atoms with Crippen LogP contribution in [-0.2, 0) is 12.7 Å². The van der Waals surface area contributed by atoms with Gasteiger partial charge in [0.05, 0.1) is 5.56 Å². The van der Waals surface area contributed by atoms with E-state index in [1.54, 1.807) is 0 Å². The molecule has 0 radical (unpaired) electrons. The first-order chi connectivity index (χ1) is 8.30. The summed E-state index contributed by atoms with van der Waals surface area (Å²) >= 11 is 6.06. The van der Waals surface area contributed by atoms with E-state index in [-0.39, 0.29) is 5.38 Å². The Hall–Kier alpha value is -0.740. The second kappa shape index (κ2) is 6.43. The Balaban J connectivity index is 2.45. The molecule has 102 valence electrons. The lowest BCUT2D eigenvalue weighted by Gasteiger charge is -2.14. The van der Waals surface area contributed by atoms with Crippen LogP contribution in [-0.4, -0.2) is 11.9 Å². The van der Waals surface area contributed by atoms with Crippen molar-refractivity contribution >= 4 is 11.6 Å². The molecule has 0 aliphatic rings. The fourth-order valence-corrected chi connectivity index (χ4v) is 1.51. The average molecular weight is 280 g/mol. The van der Waals surface area contributed by atoms with Crippen molar-refractivity contribution in [1.29, 1.82) is 0 Å². The number of alkyl halides is 4. The molecule has 1 aromatic carbocycles. The molecule has 0 aliphatic carbocycles. The van der Waals surface area contributed by atoms with Crippen molar-refractivity contribution < 1.29 is 13.2 Å². The first-order valence-electron chi connectivity index (χ1n) is 5.81. The minimum absolute atomic E-state index is 0.0273. The van der Waals surface area contributed by atoms with Crippen LogP contribution in [0.2, 0.25) is 0 Å². The molecule has 0 saturated heterocycles. The van der Waals surface area contributed by atoms with E-state index in [2.05, 4.69) is 5.32 Å². The fourth-order valence-electron chi connectivity index (χ4n) is 1.40. The van der Waals surface area contributed by atoms with Gasteiger partial charge in [0.15, 0.2) is 0 Å². The van der Waals surface area contributed by atoms with Gasteiger partial charge in [0, 0.05) is 18.5 Å². The summed E-state index contributed by atoms with van der Waals surface area (Å²) in [7, 11) is 0. The van der Waals surface area contributed by atoms with Gasteiger partial charge in [-0.05, 0) is 23.6 Å². The molecule has 0 heterocycles. The van der Waals surface area contributed by atoms with Crippen molar-refractivity contribution in [2.75, 3.05) is 6.54 Å². The summed E-state index contributed by atoms with van der Waals surface area (Å²) in [6.45, 7) is 5.21. The van der Waals surface area contributed by atoms with Crippen molar-refractivity contribution in [2.45, 2.75) is 31.9 Å². The molecular formula is C13H17ClF3N. The van der Waals surface area contributed by atoms with Crippen molar-refractivity contribution in [3.05, 3.63) is 35.4 Å². The van der Waals surface area contributed by atoms with E-state index in [0.29, 0.717) is 19.0 Å². The molecule has 0 amide bonds. The number of halogens is 4. The molecule has 0 spiro atoms. The van der Waals surface area contributed by atoms with Gasteiger partial charge in [-0.2, -0.15) is 13.2 Å². The summed E-state index contributed by atoms with van der Waals surface area (Å²) in [6.07, 6.45) is -4.27. The summed E-state index contributed by atoms with van der Waals surface area (Å²) in [5.74, 6) is 0.367. The van der Waals surface area contributed by atoms with E-state index in [0.717, 1.165) is 17.7 Å². The molecule has 18 heavy (non-hydrogen) atoms. The average Bonchev–Trinajstić information content (AvgIpc) is 2.28. The van der Waals surface area contributed by atoms with Crippen LogP contribution in [0.4, 0.5) is 13.2 Å². The second-order valence-corrected chi connectivity index (χ2v) is 5.15. The zero-order valence-electron chi connectivity index (χ0n) is 10.4. The Morgan fingerprint density at radius 2 is 1.72 bits per heavy atom. The topological polar surface area (TPSA) is 12.0 Å². The monoisotopic (exact) mass is 279 g/mol. The first kappa shape index (κ1) is 15.3. The maximum absolute atomic E-state index is 12.3. The second-order valence-electron chi connectivity index (χ2n) is 4.59. The quantitative estimate of drug-likeness (QED) is 0.802. The number of nitrogens with one attached hydrogen (secondary N) is 1. The zero-order valence-corrected chi connectivity index (χ0v) is 11.1. The van der Waals surface area contributed by atoms with E-state index in [4.69, 9.17) is 11.6 Å². The van der Waals surface area contributed by atoms with Gasteiger partial charge in [-0.15, -0.1) is 11.6 Å². The minimum atomic E-state index is -4.27. The zero-order chi connectivity index (χ0) is 13.8. The molecule has 1 atom stereocenters. The molecule has 1 unspecified atom stereocenters. The molecule has 5 heteroatoms. The van der Waals surface area contributed by atoms with Crippen LogP contribution in [0.5, 0.6) is 0 Å². The summed E-state index contributed by atoms with van der Waals surface area (Å²) in [5, 5.41) is 3.16. The van der Waals surface area contributed by atoms with Gasteiger partial charge in [0.25, 0.3) is 0 Å².